The smallest absolute Gasteiger partial charge is 0.0553 e. The molecule has 10 rings (SSSR count). The molecule has 2 aliphatic carbocycles. The Morgan fingerprint density at radius 3 is 1.90 bits per heavy atom. The molecular weight excluding hydrogens is 617 g/mol. The van der Waals surface area contributed by atoms with Crippen molar-refractivity contribution in [2.24, 2.45) is 0 Å². The van der Waals surface area contributed by atoms with E-state index in [1.807, 2.05) is 0 Å². The minimum absolute atomic E-state index is 0.0276. The van der Waals surface area contributed by atoms with Gasteiger partial charge in [0.15, 0.2) is 0 Å². The van der Waals surface area contributed by atoms with E-state index in [0.717, 1.165) is 29.9 Å². The molecule has 244 valence electrons. The molecule has 0 spiro atoms. The Hall–Kier alpha value is -6.12. The zero-order valence-electron chi connectivity index (χ0n) is 29.0. The van der Waals surface area contributed by atoms with Gasteiger partial charge in [-0.25, -0.2) is 0 Å². The molecule has 0 fully saturated rings. The summed E-state index contributed by atoms with van der Waals surface area (Å²) < 4.78 is 2.48. The number of aromatic nitrogens is 1. The first kappa shape index (κ1) is 29.8. The van der Waals surface area contributed by atoms with Crippen molar-refractivity contribution < 1.29 is 0 Å². The van der Waals surface area contributed by atoms with Gasteiger partial charge in [0.2, 0.25) is 0 Å². The number of nitrogens with zero attached hydrogens (tertiary/aromatic N) is 2. The van der Waals surface area contributed by atoms with Crippen LogP contribution in [-0.2, 0) is 5.41 Å². The predicted octanol–water partition coefficient (Wildman–Crippen LogP) is 13.5. The van der Waals surface area contributed by atoms with Crippen molar-refractivity contribution in [2.45, 2.75) is 32.1 Å². The van der Waals surface area contributed by atoms with E-state index in [4.69, 9.17) is 0 Å². The molecule has 8 aromatic rings. The molecule has 0 aliphatic heterocycles. The van der Waals surface area contributed by atoms with Crippen LogP contribution >= 0.6 is 0 Å². The van der Waals surface area contributed by atoms with Crippen LogP contribution in [-0.4, -0.2) is 4.57 Å². The normalized spacial score (nSPS) is 14.7. The third-order valence-electron chi connectivity index (χ3n) is 11.2. The van der Waals surface area contributed by atoms with Gasteiger partial charge in [0, 0.05) is 38.9 Å². The molecule has 2 aliphatic rings. The molecule has 0 N–H and O–H groups in total. The molecule has 0 unspecified atom stereocenters. The molecule has 2 heteroatoms. The second-order valence-electron chi connectivity index (χ2n) is 14.5. The summed E-state index contributed by atoms with van der Waals surface area (Å²) in [6, 6.07) is 57.5. The van der Waals surface area contributed by atoms with Crippen LogP contribution in [0.2, 0.25) is 0 Å². The lowest BCUT2D eigenvalue weighted by Crippen LogP contribution is -2.25. The Balaban J connectivity index is 1.09. The molecule has 2 nitrogen and oxygen atoms in total. The third-order valence-corrected chi connectivity index (χ3v) is 11.2. The number of fused-ring (bicyclic) bond motifs is 5. The van der Waals surface area contributed by atoms with Gasteiger partial charge in [-0.2, -0.15) is 0 Å². The van der Waals surface area contributed by atoms with Gasteiger partial charge in [-0.15, -0.1) is 0 Å². The summed E-state index contributed by atoms with van der Waals surface area (Å²) in [4.78, 5) is 2.30. The van der Waals surface area contributed by atoms with Crippen LogP contribution in [0, 0.1) is 0 Å². The molecule has 51 heavy (non-hydrogen) atoms. The molecule has 0 bridgehead atoms. The minimum Gasteiger partial charge on any atom is -0.311 e. The number of hydrogen-bond acceptors (Lipinski definition) is 1. The molecule has 0 saturated heterocycles. The van der Waals surface area contributed by atoms with Crippen molar-refractivity contribution in [3.05, 3.63) is 187 Å². The summed E-state index contributed by atoms with van der Waals surface area (Å²) in [6.45, 7) is 4.81. The second kappa shape index (κ2) is 11.5. The lowest BCUT2D eigenvalue weighted by atomic mass is 9.66. The van der Waals surface area contributed by atoms with Crippen LogP contribution in [0.25, 0.3) is 55.0 Å². The molecule has 0 atom stereocenters. The summed E-state index contributed by atoms with van der Waals surface area (Å²) in [7, 11) is 0. The Morgan fingerprint density at radius 1 is 0.569 bits per heavy atom. The van der Waals surface area contributed by atoms with Crippen molar-refractivity contribution in [2.75, 3.05) is 4.90 Å². The van der Waals surface area contributed by atoms with Crippen LogP contribution in [0.3, 0.4) is 0 Å². The number of anilines is 3. The van der Waals surface area contributed by atoms with Gasteiger partial charge in [0.05, 0.1) is 11.0 Å². The van der Waals surface area contributed by atoms with Gasteiger partial charge in [-0.3, -0.25) is 0 Å². The highest BCUT2D eigenvalue weighted by Crippen LogP contribution is 2.53. The highest BCUT2D eigenvalue weighted by Gasteiger charge is 2.36. The highest BCUT2D eigenvalue weighted by molar-refractivity contribution is 6.22. The fourth-order valence-corrected chi connectivity index (χ4v) is 8.86. The first-order chi connectivity index (χ1) is 25.1. The maximum absolute atomic E-state index is 2.48. The van der Waals surface area contributed by atoms with Gasteiger partial charge in [0.25, 0.3) is 0 Å². The molecule has 1 heterocycles. The maximum atomic E-state index is 2.48. The van der Waals surface area contributed by atoms with E-state index in [2.05, 4.69) is 193 Å². The minimum atomic E-state index is -0.0276. The number of rotatable bonds is 5. The van der Waals surface area contributed by atoms with E-state index < -0.39 is 0 Å². The first-order valence-electron chi connectivity index (χ1n) is 18.1. The molecule has 0 saturated carbocycles. The van der Waals surface area contributed by atoms with Crippen LogP contribution in [0.1, 0.15) is 37.8 Å². The third kappa shape index (κ3) is 4.56. The molecular formula is C49H38N2. The summed E-state index contributed by atoms with van der Waals surface area (Å²) >= 11 is 0. The monoisotopic (exact) mass is 654 g/mol. The molecule has 0 radical (unpaired) electrons. The average molecular weight is 655 g/mol. The van der Waals surface area contributed by atoms with Crippen LogP contribution in [0.15, 0.2) is 175 Å². The van der Waals surface area contributed by atoms with Crippen molar-refractivity contribution in [1.29, 1.82) is 0 Å². The zero-order valence-corrected chi connectivity index (χ0v) is 29.0. The van der Waals surface area contributed by atoms with Gasteiger partial charge in [-0.05, 0) is 118 Å². The van der Waals surface area contributed by atoms with E-state index in [9.17, 15) is 0 Å². The van der Waals surface area contributed by atoms with Gasteiger partial charge in [0.1, 0.15) is 0 Å². The topological polar surface area (TPSA) is 8.17 Å². The molecule has 0 amide bonds. The van der Waals surface area contributed by atoms with E-state index in [1.54, 1.807) is 0 Å². The van der Waals surface area contributed by atoms with E-state index >= 15 is 0 Å². The van der Waals surface area contributed by atoms with E-state index in [-0.39, 0.29) is 5.41 Å². The Kier molecular flexibility index (Phi) is 6.69. The summed E-state index contributed by atoms with van der Waals surface area (Å²) in [5, 5.41) is 5.46. The van der Waals surface area contributed by atoms with Crippen molar-refractivity contribution in [1.82, 2.24) is 4.57 Å². The average Bonchev–Trinajstić information content (AvgIpc) is 3.51. The fraction of sp³-hybridized carbons (Fsp3) is 0.102. The Bertz CT molecular complexity index is 2630. The number of hydrogen-bond donors (Lipinski definition) is 0. The number of para-hydroxylation sites is 3. The standard InChI is InChI=1S/C49H38N2/c1-49(2)42-21-11-9-19-40(42)48-46-35(14-13-22-43(46)49)32-45-47(48)41-20-10-12-23-44(41)51(45)39-30-26-34(27-31-39)33-24-28-38(29-25-33)50(36-15-5-3-6-16-36)37-17-7-4-8-18-37/h3-8,10-18,20-32H,9,19H2,1-2H3. The summed E-state index contributed by atoms with van der Waals surface area (Å²) in [6.07, 6.45) is 6.95. The maximum Gasteiger partial charge on any atom is 0.0553 e. The van der Waals surface area contributed by atoms with Crippen molar-refractivity contribution in [3.8, 4) is 16.8 Å². The summed E-state index contributed by atoms with van der Waals surface area (Å²) in [5.41, 5.74) is 15.4. The van der Waals surface area contributed by atoms with E-state index in [1.165, 1.54) is 71.7 Å². The highest BCUT2D eigenvalue weighted by atomic mass is 15.1. The Morgan fingerprint density at radius 2 is 1.20 bits per heavy atom. The van der Waals surface area contributed by atoms with Crippen molar-refractivity contribution in [3.63, 3.8) is 0 Å². The zero-order chi connectivity index (χ0) is 34.1. The van der Waals surface area contributed by atoms with Crippen molar-refractivity contribution >= 4 is 55.2 Å². The number of allylic oxidation sites excluding steroid dienone is 4. The quantitative estimate of drug-likeness (QED) is 0.179. The molecule has 7 aromatic carbocycles. The van der Waals surface area contributed by atoms with Gasteiger partial charge < -0.3 is 9.47 Å². The fourth-order valence-electron chi connectivity index (χ4n) is 8.86. The first-order valence-corrected chi connectivity index (χ1v) is 18.1. The van der Waals surface area contributed by atoms with Gasteiger partial charge >= 0.3 is 0 Å². The predicted molar refractivity (Wildman–Crippen MR) is 217 cm³/mol. The van der Waals surface area contributed by atoms with Crippen LogP contribution in [0.5, 0.6) is 0 Å². The van der Waals surface area contributed by atoms with E-state index in [0.29, 0.717) is 0 Å². The van der Waals surface area contributed by atoms with Gasteiger partial charge in [-0.1, -0.05) is 123 Å². The Labute approximate surface area is 299 Å². The molecule has 1 aromatic heterocycles. The summed E-state index contributed by atoms with van der Waals surface area (Å²) in [5.74, 6) is 0. The SMILES string of the molecule is CC1(C)C2=C(CCC=C2)c2c3c1cccc3cc1c2c2ccccc2n1-c1ccc(-c2ccc(N(c3ccccc3)c3ccccc3)cc2)cc1. The largest absolute Gasteiger partial charge is 0.311 e. The second-order valence-corrected chi connectivity index (χ2v) is 14.5. The van der Waals surface area contributed by atoms with Crippen LogP contribution in [0.4, 0.5) is 17.1 Å². The van der Waals surface area contributed by atoms with Crippen LogP contribution < -0.4 is 4.90 Å². The lowest BCUT2D eigenvalue weighted by molar-refractivity contribution is 0.637. The lowest BCUT2D eigenvalue weighted by Gasteiger charge is -2.38. The number of benzene rings is 7.